The average molecular weight is 249 g/mol. The highest BCUT2D eigenvalue weighted by Gasteiger charge is 2.40. The van der Waals surface area contributed by atoms with E-state index in [9.17, 15) is 4.39 Å². The Kier molecular flexibility index (Phi) is 4.06. The van der Waals surface area contributed by atoms with Crippen LogP contribution in [0.4, 0.5) is 4.39 Å². The van der Waals surface area contributed by atoms with Gasteiger partial charge < -0.3 is 5.32 Å². The van der Waals surface area contributed by atoms with Gasteiger partial charge in [-0.15, -0.1) is 0 Å². The van der Waals surface area contributed by atoms with E-state index in [1.165, 1.54) is 31.2 Å². The number of hydrogen-bond donors (Lipinski definition) is 1. The van der Waals surface area contributed by atoms with Gasteiger partial charge in [-0.05, 0) is 61.9 Å². The zero-order chi connectivity index (χ0) is 13.2. The summed E-state index contributed by atoms with van der Waals surface area (Å²) in [4.78, 5) is 0. The Morgan fingerprint density at radius 2 is 2.00 bits per heavy atom. The zero-order valence-electron chi connectivity index (χ0n) is 11.7. The lowest BCUT2D eigenvalue weighted by Gasteiger charge is -2.38. The Morgan fingerprint density at radius 1 is 1.33 bits per heavy atom. The number of aryl methyl sites for hydroxylation is 1. The minimum absolute atomic E-state index is 0.125. The van der Waals surface area contributed by atoms with Crippen LogP contribution in [-0.2, 0) is 0 Å². The van der Waals surface area contributed by atoms with Gasteiger partial charge in [0.15, 0.2) is 0 Å². The standard InChI is InChI=1S/C16H24FN/c1-4-16(9-5-6-10-16)15(18-3)14-11-13(17)8-7-12(14)2/h7-8,11,15,18H,4-6,9-10H2,1-3H3. The SMILES string of the molecule is CCC1(C(NC)c2cc(F)ccc2C)CCCC1. The predicted octanol–water partition coefficient (Wildman–Crippen LogP) is 4.37. The Labute approximate surface area is 110 Å². The van der Waals surface area contributed by atoms with Crippen molar-refractivity contribution in [3.63, 3.8) is 0 Å². The number of nitrogens with one attached hydrogen (secondary N) is 1. The lowest BCUT2D eigenvalue weighted by Crippen LogP contribution is -2.34. The first kappa shape index (κ1) is 13.5. The minimum Gasteiger partial charge on any atom is -0.313 e. The molecule has 100 valence electrons. The summed E-state index contributed by atoms with van der Waals surface area (Å²) in [5.74, 6) is -0.125. The Balaban J connectivity index is 2.40. The van der Waals surface area contributed by atoms with Crippen molar-refractivity contribution in [3.05, 3.63) is 35.1 Å². The number of rotatable bonds is 4. The maximum atomic E-state index is 13.5. The van der Waals surface area contributed by atoms with E-state index in [2.05, 4.69) is 19.2 Å². The van der Waals surface area contributed by atoms with E-state index in [4.69, 9.17) is 0 Å². The summed E-state index contributed by atoms with van der Waals surface area (Å²) < 4.78 is 13.5. The molecule has 1 N–H and O–H groups in total. The molecule has 0 radical (unpaired) electrons. The van der Waals surface area contributed by atoms with Gasteiger partial charge in [0.2, 0.25) is 0 Å². The Hall–Kier alpha value is -0.890. The molecule has 0 aromatic heterocycles. The molecule has 1 aromatic carbocycles. The van der Waals surface area contributed by atoms with E-state index in [0.717, 1.165) is 12.0 Å². The maximum Gasteiger partial charge on any atom is 0.123 e. The summed E-state index contributed by atoms with van der Waals surface area (Å²) in [6.45, 7) is 4.35. The molecule has 2 heteroatoms. The van der Waals surface area contributed by atoms with E-state index in [-0.39, 0.29) is 11.9 Å². The van der Waals surface area contributed by atoms with Gasteiger partial charge >= 0.3 is 0 Å². The fraction of sp³-hybridized carbons (Fsp3) is 0.625. The summed E-state index contributed by atoms with van der Waals surface area (Å²) >= 11 is 0. The molecule has 0 spiro atoms. The van der Waals surface area contributed by atoms with E-state index < -0.39 is 0 Å². The minimum atomic E-state index is -0.125. The normalized spacial score (nSPS) is 20.0. The largest absolute Gasteiger partial charge is 0.313 e. The Bertz CT molecular complexity index is 408. The van der Waals surface area contributed by atoms with Gasteiger partial charge in [0.1, 0.15) is 5.82 Å². The Morgan fingerprint density at radius 3 is 2.56 bits per heavy atom. The first-order chi connectivity index (χ1) is 8.63. The molecule has 1 nitrogen and oxygen atoms in total. The summed E-state index contributed by atoms with van der Waals surface area (Å²) in [6.07, 6.45) is 6.28. The van der Waals surface area contributed by atoms with Gasteiger partial charge in [0, 0.05) is 6.04 Å². The molecule has 0 aliphatic heterocycles. The van der Waals surface area contributed by atoms with Crippen LogP contribution in [0.25, 0.3) is 0 Å². The molecule has 1 saturated carbocycles. The van der Waals surface area contributed by atoms with Crippen LogP contribution in [-0.4, -0.2) is 7.05 Å². The van der Waals surface area contributed by atoms with Crippen LogP contribution in [0.5, 0.6) is 0 Å². The smallest absolute Gasteiger partial charge is 0.123 e. The quantitative estimate of drug-likeness (QED) is 0.835. The van der Waals surface area contributed by atoms with Gasteiger partial charge in [-0.1, -0.05) is 25.8 Å². The van der Waals surface area contributed by atoms with Crippen molar-refractivity contribution >= 4 is 0 Å². The molecular formula is C16H24FN. The monoisotopic (exact) mass is 249 g/mol. The van der Waals surface area contributed by atoms with E-state index in [1.807, 2.05) is 13.1 Å². The second-order valence-corrected chi connectivity index (χ2v) is 5.65. The zero-order valence-corrected chi connectivity index (χ0v) is 11.7. The fourth-order valence-electron chi connectivity index (χ4n) is 3.64. The van der Waals surface area contributed by atoms with Crippen LogP contribution < -0.4 is 5.32 Å². The van der Waals surface area contributed by atoms with Gasteiger partial charge in [0.05, 0.1) is 0 Å². The van der Waals surface area contributed by atoms with Gasteiger partial charge in [-0.3, -0.25) is 0 Å². The van der Waals surface area contributed by atoms with Crippen molar-refractivity contribution in [2.75, 3.05) is 7.05 Å². The molecule has 0 heterocycles. The van der Waals surface area contributed by atoms with Crippen LogP contribution in [0.3, 0.4) is 0 Å². The highest BCUT2D eigenvalue weighted by Crippen LogP contribution is 2.50. The summed E-state index contributed by atoms with van der Waals surface area (Å²) in [5, 5.41) is 3.45. The topological polar surface area (TPSA) is 12.0 Å². The lowest BCUT2D eigenvalue weighted by atomic mass is 9.72. The van der Waals surface area contributed by atoms with Crippen LogP contribution >= 0.6 is 0 Å². The first-order valence-corrected chi connectivity index (χ1v) is 7.06. The molecule has 0 amide bonds. The number of hydrogen-bond acceptors (Lipinski definition) is 1. The highest BCUT2D eigenvalue weighted by molar-refractivity contribution is 5.31. The third-order valence-electron chi connectivity index (χ3n) is 4.76. The third-order valence-corrected chi connectivity index (χ3v) is 4.76. The van der Waals surface area contributed by atoms with Crippen molar-refractivity contribution in [2.45, 2.75) is 52.0 Å². The van der Waals surface area contributed by atoms with E-state index in [0.29, 0.717) is 5.41 Å². The van der Waals surface area contributed by atoms with Crippen molar-refractivity contribution in [1.82, 2.24) is 5.32 Å². The van der Waals surface area contributed by atoms with Crippen molar-refractivity contribution < 1.29 is 4.39 Å². The lowest BCUT2D eigenvalue weighted by molar-refractivity contribution is 0.194. The van der Waals surface area contributed by atoms with Crippen LogP contribution in [0.15, 0.2) is 18.2 Å². The van der Waals surface area contributed by atoms with Crippen molar-refractivity contribution in [3.8, 4) is 0 Å². The molecule has 1 aromatic rings. The summed E-state index contributed by atoms with van der Waals surface area (Å²) in [6, 6.07) is 5.44. The first-order valence-electron chi connectivity index (χ1n) is 7.06. The summed E-state index contributed by atoms with van der Waals surface area (Å²) in [7, 11) is 2.00. The predicted molar refractivity (Wildman–Crippen MR) is 74.1 cm³/mol. The molecule has 0 saturated heterocycles. The highest BCUT2D eigenvalue weighted by atomic mass is 19.1. The molecule has 0 bridgehead atoms. The molecule has 1 atom stereocenters. The molecule has 1 aliphatic rings. The van der Waals surface area contributed by atoms with Gasteiger partial charge in [-0.25, -0.2) is 4.39 Å². The van der Waals surface area contributed by atoms with E-state index >= 15 is 0 Å². The van der Waals surface area contributed by atoms with Crippen molar-refractivity contribution in [2.24, 2.45) is 5.41 Å². The molecule has 1 aliphatic carbocycles. The fourth-order valence-corrected chi connectivity index (χ4v) is 3.64. The molecule has 1 unspecified atom stereocenters. The number of benzene rings is 1. The maximum absolute atomic E-state index is 13.5. The average Bonchev–Trinajstić information content (AvgIpc) is 2.84. The molecule has 18 heavy (non-hydrogen) atoms. The third kappa shape index (κ3) is 2.31. The van der Waals surface area contributed by atoms with E-state index in [1.54, 1.807) is 12.1 Å². The van der Waals surface area contributed by atoms with Crippen LogP contribution in [0.2, 0.25) is 0 Å². The molecule has 2 rings (SSSR count). The van der Waals surface area contributed by atoms with Gasteiger partial charge in [0.25, 0.3) is 0 Å². The molecular weight excluding hydrogens is 225 g/mol. The summed E-state index contributed by atoms with van der Waals surface area (Å²) in [5.41, 5.74) is 2.64. The second kappa shape index (κ2) is 5.40. The second-order valence-electron chi connectivity index (χ2n) is 5.65. The number of halogens is 1. The van der Waals surface area contributed by atoms with Crippen LogP contribution in [0.1, 0.15) is 56.2 Å². The van der Waals surface area contributed by atoms with Crippen molar-refractivity contribution in [1.29, 1.82) is 0 Å². The van der Waals surface area contributed by atoms with Crippen LogP contribution in [0, 0.1) is 18.2 Å². The van der Waals surface area contributed by atoms with Gasteiger partial charge in [-0.2, -0.15) is 0 Å². The molecule has 1 fully saturated rings.